The number of pyridine rings is 1. The number of benzene rings is 2. The Balaban J connectivity index is 1.69. The number of anilines is 1. The predicted octanol–water partition coefficient (Wildman–Crippen LogP) is 3.02. The summed E-state index contributed by atoms with van der Waals surface area (Å²) in [5.74, 6) is 0.766. The molecule has 6 nitrogen and oxygen atoms in total. The summed E-state index contributed by atoms with van der Waals surface area (Å²) in [7, 11) is -3.89. The summed E-state index contributed by atoms with van der Waals surface area (Å²) in [4.78, 5) is 0.106. The van der Waals surface area contributed by atoms with Crippen LogP contribution in [0.5, 0.6) is 11.5 Å². The highest BCUT2D eigenvalue weighted by Crippen LogP contribution is 2.25. The van der Waals surface area contributed by atoms with Gasteiger partial charge in [-0.05, 0) is 36.8 Å². The fraction of sp³-hybridized carbons (Fsp3) is 0.190. The molecule has 3 aromatic rings. The minimum atomic E-state index is -3.89. The number of nitrogens with zero attached hydrogens (tertiary/aromatic N) is 1. The van der Waals surface area contributed by atoms with Gasteiger partial charge in [0.1, 0.15) is 23.0 Å². The van der Waals surface area contributed by atoms with Crippen molar-refractivity contribution in [2.45, 2.75) is 25.3 Å². The molecule has 0 bridgehead atoms. The molecule has 146 valence electrons. The number of hydrogen-bond donors (Lipinski definition) is 1. The van der Waals surface area contributed by atoms with Gasteiger partial charge in [0.05, 0.1) is 0 Å². The van der Waals surface area contributed by atoms with E-state index in [1.807, 2.05) is 42.8 Å². The number of hydrogen-bond acceptors (Lipinski definition) is 5. The Labute approximate surface area is 165 Å². The van der Waals surface area contributed by atoms with E-state index in [1.165, 1.54) is 12.1 Å². The molecule has 7 heteroatoms. The van der Waals surface area contributed by atoms with Crippen molar-refractivity contribution in [2.24, 2.45) is 0 Å². The third kappa shape index (κ3) is 5.01. The second kappa shape index (κ2) is 8.31. The highest BCUT2D eigenvalue weighted by molar-refractivity contribution is 7.87. The van der Waals surface area contributed by atoms with Gasteiger partial charge in [0, 0.05) is 30.8 Å². The van der Waals surface area contributed by atoms with Crippen molar-refractivity contribution in [3.8, 4) is 11.5 Å². The van der Waals surface area contributed by atoms with E-state index < -0.39 is 10.1 Å². The Hall–Kier alpha value is -3.06. The molecule has 0 amide bonds. The summed E-state index contributed by atoms with van der Waals surface area (Å²) in [6.07, 6.45) is 1.91. The lowest BCUT2D eigenvalue weighted by atomic mass is 10.2. The SMILES string of the molecule is Cc1cc(OCC[n+]2ccc(N)cc2C)cc(OS(=O)(=O)c2ccccc2)c1. The van der Waals surface area contributed by atoms with E-state index in [4.69, 9.17) is 14.7 Å². The maximum absolute atomic E-state index is 12.4. The number of aryl methyl sites for hydroxylation is 2. The average molecular weight is 399 g/mol. The number of nitrogens with two attached hydrogens (primary N) is 1. The molecule has 0 spiro atoms. The molecule has 0 saturated carbocycles. The summed E-state index contributed by atoms with van der Waals surface area (Å²) < 4.78 is 37.9. The normalized spacial score (nSPS) is 11.2. The Bertz CT molecular complexity index is 1070. The first kappa shape index (κ1) is 19.7. The molecule has 0 fully saturated rings. The standard InChI is InChI=1S/C21H22N2O4S/c1-16-12-19(26-11-10-23-9-8-18(22)14-17(23)2)15-20(13-16)27-28(24,25)21-6-4-3-5-7-21/h3-9,12-15,22H,10-11H2,1-2H3/p+1. The van der Waals surface area contributed by atoms with Gasteiger partial charge in [-0.15, -0.1) is 0 Å². The van der Waals surface area contributed by atoms with Crippen molar-refractivity contribution in [1.82, 2.24) is 0 Å². The van der Waals surface area contributed by atoms with Crippen molar-refractivity contribution in [1.29, 1.82) is 0 Å². The minimum Gasteiger partial charge on any atom is -0.487 e. The lowest BCUT2D eigenvalue weighted by Crippen LogP contribution is -2.39. The Morgan fingerprint density at radius 1 is 0.964 bits per heavy atom. The zero-order valence-electron chi connectivity index (χ0n) is 15.8. The molecule has 0 aliphatic rings. The molecule has 0 aliphatic heterocycles. The van der Waals surface area contributed by atoms with Gasteiger partial charge >= 0.3 is 10.1 Å². The highest BCUT2D eigenvalue weighted by Gasteiger charge is 2.17. The van der Waals surface area contributed by atoms with Crippen molar-refractivity contribution in [3.05, 3.63) is 78.1 Å². The second-order valence-corrected chi connectivity index (χ2v) is 8.02. The fourth-order valence-electron chi connectivity index (χ4n) is 2.79. The van der Waals surface area contributed by atoms with Gasteiger partial charge in [-0.25, -0.2) is 0 Å². The van der Waals surface area contributed by atoms with Gasteiger partial charge in [0.25, 0.3) is 0 Å². The number of nitrogen functional groups attached to an aromatic ring is 1. The third-order valence-corrected chi connectivity index (χ3v) is 5.40. The summed E-state index contributed by atoms with van der Waals surface area (Å²) >= 11 is 0. The maximum Gasteiger partial charge on any atom is 0.339 e. The van der Waals surface area contributed by atoms with E-state index in [2.05, 4.69) is 0 Å². The van der Waals surface area contributed by atoms with Crippen LogP contribution in [-0.2, 0) is 16.7 Å². The van der Waals surface area contributed by atoms with E-state index in [-0.39, 0.29) is 10.6 Å². The van der Waals surface area contributed by atoms with Gasteiger partial charge in [-0.2, -0.15) is 13.0 Å². The largest absolute Gasteiger partial charge is 0.487 e. The Kier molecular flexibility index (Phi) is 5.84. The van der Waals surface area contributed by atoms with Gasteiger partial charge in [-0.3, -0.25) is 0 Å². The van der Waals surface area contributed by atoms with Crippen LogP contribution in [0.15, 0.2) is 71.8 Å². The fourth-order valence-corrected chi connectivity index (χ4v) is 3.72. The molecule has 0 radical (unpaired) electrons. The molecule has 0 aliphatic carbocycles. The summed E-state index contributed by atoms with van der Waals surface area (Å²) in [6.45, 7) is 4.89. The Morgan fingerprint density at radius 2 is 1.68 bits per heavy atom. The van der Waals surface area contributed by atoms with Crippen molar-refractivity contribution < 1.29 is 21.9 Å². The molecule has 2 aromatic carbocycles. The van der Waals surface area contributed by atoms with Crippen molar-refractivity contribution in [2.75, 3.05) is 12.3 Å². The monoisotopic (exact) mass is 399 g/mol. The lowest BCUT2D eigenvalue weighted by molar-refractivity contribution is -0.703. The van der Waals surface area contributed by atoms with E-state index in [0.717, 1.165) is 16.9 Å². The van der Waals surface area contributed by atoms with Crippen LogP contribution >= 0.6 is 0 Å². The molecule has 0 atom stereocenters. The molecule has 1 heterocycles. The van der Waals surface area contributed by atoms with E-state index >= 15 is 0 Å². The topological polar surface area (TPSA) is 82.5 Å². The van der Waals surface area contributed by atoms with Crippen LogP contribution in [0, 0.1) is 13.8 Å². The zero-order chi connectivity index (χ0) is 20.1. The minimum absolute atomic E-state index is 0.106. The first-order valence-corrected chi connectivity index (χ1v) is 10.2. The third-order valence-electron chi connectivity index (χ3n) is 4.14. The first-order valence-electron chi connectivity index (χ1n) is 8.83. The van der Waals surface area contributed by atoms with Crippen LogP contribution in [0.3, 0.4) is 0 Å². The molecule has 2 N–H and O–H groups in total. The molecule has 3 rings (SSSR count). The average Bonchev–Trinajstić information content (AvgIpc) is 2.63. The lowest BCUT2D eigenvalue weighted by Gasteiger charge is -2.11. The number of rotatable bonds is 7. The van der Waals surface area contributed by atoms with Crippen molar-refractivity contribution >= 4 is 15.8 Å². The van der Waals surface area contributed by atoms with Crippen LogP contribution < -0.4 is 19.2 Å². The van der Waals surface area contributed by atoms with E-state index in [1.54, 1.807) is 30.3 Å². The highest BCUT2D eigenvalue weighted by atomic mass is 32.2. The number of ether oxygens (including phenoxy) is 1. The summed E-state index contributed by atoms with van der Waals surface area (Å²) in [5.41, 5.74) is 8.36. The van der Waals surface area contributed by atoms with E-state index in [0.29, 0.717) is 18.9 Å². The predicted molar refractivity (Wildman–Crippen MR) is 107 cm³/mol. The van der Waals surface area contributed by atoms with Crippen LogP contribution in [-0.4, -0.2) is 15.0 Å². The van der Waals surface area contributed by atoms with Crippen LogP contribution in [0.4, 0.5) is 5.69 Å². The van der Waals surface area contributed by atoms with Gasteiger partial charge in [0.15, 0.2) is 18.4 Å². The Morgan fingerprint density at radius 3 is 2.39 bits per heavy atom. The van der Waals surface area contributed by atoms with Crippen molar-refractivity contribution in [3.63, 3.8) is 0 Å². The van der Waals surface area contributed by atoms with Gasteiger partial charge in [-0.1, -0.05) is 18.2 Å². The van der Waals surface area contributed by atoms with Crippen LogP contribution in [0.25, 0.3) is 0 Å². The maximum atomic E-state index is 12.4. The summed E-state index contributed by atoms with van der Waals surface area (Å²) in [5, 5.41) is 0. The van der Waals surface area contributed by atoms with Crippen LogP contribution in [0.2, 0.25) is 0 Å². The van der Waals surface area contributed by atoms with Gasteiger partial charge in [0.2, 0.25) is 0 Å². The number of aromatic nitrogens is 1. The zero-order valence-corrected chi connectivity index (χ0v) is 16.6. The summed E-state index contributed by atoms with van der Waals surface area (Å²) in [6, 6.07) is 16.8. The smallest absolute Gasteiger partial charge is 0.339 e. The quantitative estimate of drug-likeness (QED) is 0.488. The molecule has 0 saturated heterocycles. The van der Waals surface area contributed by atoms with E-state index in [9.17, 15) is 8.42 Å². The molecular weight excluding hydrogens is 376 g/mol. The molecule has 28 heavy (non-hydrogen) atoms. The van der Waals surface area contributed by atoms with Gasteiger partial charge < -0.3 is 14.7 Å². The first-order chi connectivity index (χ1) is 13.3. The molecule has 0 unspecified atom stereocenters. The van der Waals surface area contributed by atoms with Crippen LogP contribution in [0.1, 0.15) is 11.3 Å². The second-order valence-electron chi connectivity index (χ2n) is 6.48. The molecular formula is C21H23N2O4S+. The molecule has 1 aromatic heterocycles.